The number of likely N-dealkylation sites (tertiary alicyclic amines) is 2. The van der Waals surface area contributed by atoms with Crippen molar-refractivity contribution in [2.75, 3.05) is 26.2 Å². The Morgan fingerprint density at radius 1 is 1.11 bits per heavy atom. The molecule has 2 amide bonds. The Labute approximate surface area is 167 Å². The van der Waals surface area contributed by atoms with Crippen LogP contribution in [0.1, 0.15) is 63.4 Å². The van der Waals surface area contributed by atoms with Crippen LogP contribution in [0.15, 0.2) is 16.5 Å². The molecule has 2 aliphatic heterocycles. The zero-order valence-electron chi connectivity index (χ0n) is 15.2. The van der Waals surface area contributed by atoms with E-state index in [4.69, 9.17) is 16.0 Å². The van der Waals surface area contributed by atoms with E-state index in [9.17, 15) is 9.59 Å². The average molecular weight is 408 g/mol. The summed E-state index contributed by atoms with van der Waals surface area (Å²) in [7, 11) is 0. The van der Waals surface area contributed by atoms with E-state index in [-0.39, 0.29) is 17.7 Å². The van der Waals surface area contributed by atoms with Gasteiger partial charge in [0.2, 0.25) is 0 Å². The molecule has 0 spiro atoms. The van der Waals surface area contributed by atoms with Crippen molar-refractivity contribution in [1.29, 1.82) is 0 Å². The lowest BCUT2D eigenvalue weighted by Crippen LogP contribution is -2.37. The van der Waals surface area contributed by atoms with Gasteiger partial charge in [0.05, 0.1) is 9.21 Å². The zero-order chi connectivity index (χ0) is 19.0. The molecule has 0 bridgehead atoms. The first kappa shape index (κ1) is 18.5. The molecule has 0 unspecified atom stereocenters. The van der Waals surface area contributed by atoms with Gasteiger partial charge in [0, 0.05) is 32.1 Å². The molecule has 0 saturated carbocycles. The predicted octanol–water partition coefficient (Wildman–Crippen LogP) is 3.95. The zero-order valence-corrected chi connectivity index (χ0v) is 16.8. The summed E-state index contributed by atoms with van der Waals surface area (Å²) in [5.41, 5.74) is 0.443. The summed E-state index contributed by atoms with van der Waals surface area (Å²) >= 11 is 7.24. The van der Waals surface area contributed by atoms with Crippen LogP contribution in [0.5, 0.6) is 0 Å². The average Bonchev–Trinajstić information content (AvgIpc) is 3.42. The molecule has 4 rings (SSSR count). The first-order chi connectivity index (χ1) is 13.0. The quantitative estimate of drug-likeness (QED) is 0.772. The Morgan fingerprint density at radius 2 is 1.78 bits per heavy atom. The van der Waals surface area contributed by atoms with E-state index in [1.165, 1.54) is 11.3 Å². The van der Waals surface area contributed by atoms with E-state index in [0.717, 1.165) is 38.8 Å². The molecular weight excluding hydrogens is 386 g/mol. The minimum absolute atomic E-state index is 0.0258. The second kappa shape index (κ2) is 7.64. The molecule has 0 aliphatic carbocycles. The molecule has 144 valence electrons. The van der Waals surface area contributed by atoms with Gasteiger partial charge in [-0.1, -0.05) is 11.6 Å². The van der Waals surface area contributed by atoms with Crippen LogP contribution in [0.2, 0.25) is 4.34 Å². The molecule has 0 atom stereocenters. The van der Waals surface area contributed by atoms with Gasteiger partial charge >= 0.3 is 0 Å². The number of piperidine rings is 1. The summed E-state index contributed by atoms with van der Waals surface area (Å²) in [6.07, 6.45) is 3.67. The highest BCUT2D eigenvalue weighted by Gasteiger charge is 2.31. The van der Waals surface area contributed by atoms with Crippen molar-refractivity contribution in [2.24, 2.45) is 0 Å². The summed E-state index contributed by atoms with van der Waals surface area (Å²) < 4.78 is 6.46. The van der Waals surface area contributed by atoms with Crippen LogP contribution in [0.4, 0.5) is 0 Å². The largest absolute Gasteiger partial charge is 0.445 e. The fourth-order valence-electron chi connectivity index (χ4n) is 3.77. The number of carbonyl (C=O) groups is 2. The number of halogens is 1. The molecule has 2 saturated heterocycles. The molecule has 27 heavy (non-hydrogen) atoms. The highest BCUT2D eigenvalue weighted by atomic mass is 35.5. The van der Waals surface area contributed by atoms with Gasteiger partial charge in [-0.3, -0.25) is 9.59 Å². The van der Waals surface area contributed by atoms with Crippen molar-refractivity contribution >= 4 is 34.8 Å². The van der Waals surface area contributed by atoms with E-state index in [1.807, 2.05) is 9.80 Å². The van der Waals surface area contributed by atoms with Crippen molar-refractivity contribution in [2.45, 2.75) is 38.5 Å². The maximum absolute atomic E-state index is 12.6. The standard InChI is InChI=1S/C19H22ClN3O3S/c1-12-16(19(25)22-8-2-3-9-22)21-17(26-12)13-6-10-23(11-7-13)18(24)14-4-5-15(20)27-14/h4-5,13H,2-3,6-11H2,1H3. The van der Waals surface area contributed by atoms with Crippen molar-refractivity contribution in [1.82, 2.24) is 14.8 Å². The van der Waals surface area contributed by atoms with Crippen molar-refractivity contribution in [3.8, 4) is 0 Å². The topological polar surface area (TPSA) is 66.7 Å². The summed E-state index contributed by atoms with van der Waals surface area (Å²) in [5.74, 6) is 1.36. The van der Waals surface area contributed by atoms with Crippen molar-refractivity contribution < 1.29 is 14.0 Å². The first-order valence-corrected chi connectivity index (χ1v) is 10.5. The van der Waals surface area contributed by atoms with Gasteiger partial charge in [-0.05, 0) is 44.7 Å². The molecule has 0 aromatic carbocycles. The Morgan fingerprint density at radius 3 is 2.41 bits per heavy atom. The maximum atomic E-state index is 12.6. The number of aryl methyl sites for hydroxylation is 1. The van der Waals surface area contributed by atoms with Crippen LogP contribution < -0.4 is 0 Å². The highest BCUT2D eigenvalue weighted by molar-refractivity contribution is 7.17. The summed E-state index contributed by atoms with van der Waals surface area (Å²) in [5, 5.41) is 0. The van der Waals surface area contributed by atoms with E-state index in [1.54, 1.807) is 19.1 Å². The Bertz CT molecular complexity index is 848. The highest BCUT2D eigenvalue weighted by Crippen LogP contribution is 2.31. The van der Waals surface area contributed by atoms with Gasteiger partial charge in [0.1, 0.15) is 5.76 Å². The fraction of sp³-hybridized carbons (Fsp3) is 0.526. The smallest absolute Gasteiger partial charge is 0.276 e. The minimum Gasteiger partial charge on any atom is -0.445 e. The fourth-order valence-corrected chi connectivity index (χ4v) is 4.79. The Kier molecular flexibility index (Phi) is 5.23. The molecule has 2 aromatic rings. The lowest BCUT2D eigenvalue weighted by atomic mass is 9.96. The normalized spacial score (nSPS) is 18.3. The molecule has 4 heterocycles. The van der Waals surface area contributed by atoms with Gasteiger partial charge in [0.25, 0.3) is 11.8 Å². The molecule has 2 aromatic heterocycles. The predicted molar refractivity (Wildman–Crippen MR) is 104 cm³/mol. The summed E-state index contributed by atoms with van der Waals surface area (Å²) in [6.45, 7) is 4.70. The second-order valence-electron chi connectivity index (χ2n) is 7.13. The van der Waals surface area contributed by atoms with E-state index < -0.39 is 0 Å². The number of nitrogens with zero attached hydrogens (tertiary/aromatic N) is 3. The van der Waals surface area contributed by atoms with Crippen molar-refractivity contribution in [3.63, 3.8) is 0 Å². The van der Waals surface area contributed by atoms with Gasteiger partial charge in [-0.15, -0.1) is 11.3 Å². The van der Waals surface area contributed by atoms with Crippen LogP contribution in [0, 0.1) is 6.92 Å². The number of hydrogen-bond donors (Lipinski definition) is 0. The SMILES string of the molecule is Cc1oc(C2CCN(C(=O)c3ccc(Cl)s3)CC2)nc1C(=O)N1CCCC1. The number of carbonyl (C=O) groups excluding carboxylic acids is 2. The van der Waals surface area contributed by atoms with Gasteiger partial charge < -0.3 is 14.2 Å². The Balaban J connectivity index is 1.40. The first-order valence-electron chi connectivity index (χ1n) is 9.34. The number of aromatic nitrogens is 1. The Hall–Kier alpha value is -1.86. The lowest BCUT2D eigenvalue weighted by Gasteiger charge is -2.30. The molecule has 6 nitrogen and oxygen atoms in total. The van der Waals surface area contributed by atoms with Crippen LogP contribution in [0.25, 0.3) is 0 Å². The van der Waals surface area contributed by atoms with Crippen LogP contribution >= 0.6 is 22.9 Å². The second-order valence-corrected chi connectivity index (χ2v) is 8.84. The molecule has 0 N–H and O–H groups in total. The number of oxazole rings is 1. The lowest BCUT2D eigenvalue weighted by molar-refractivity contribution is 0.0710. The third kappa shape index (κ3) is 3.75. The molecule has 0 radical (unpaired) electrons. The maximum Gasteiger partial charge on any atom is 0.276 e. The minimum atomic E-state index is -0.0258. The van der Waals surface area contributed by atoms with Crippen LogP contribution in [-0.4, -0.2) is 52.8 Å². The molecular formula is C19H22ClN3O3S. The summed E-state index contributed by atoms with van der Waals surface area (Å²) in [6, 6.07) is 3.52. The van der Waals surface area contributed by atoms with Gasteiger partial charge in [-0.25, -0.2) is 4.98 Å². The van der Waals surface area contributed by atoms with Gasteiger partial charge in [0.15, 0.2) is 11.6 Å². The van der Waals surface area contributed by atoms with Crippen LogP contribution in [-0.2, 0) is 0 Å². The number of thiophene rings is 1. The van der Waals surface area contributed by atoms with E-state index in [2.05, 4.69) is 4.98 Å². The van der Waals surface area contributed by atoms with Gasteiger partial charge in [-0.2, -0.15) is 0 Å². The third-order valence-electron chi connectivity index (χ3n) is 5.32. The molecule has 2 fully saturated rings. The van der Waals surface area contributed by atoms with E-state index in [0.29, 0.717) is 39.6 Å². The number of rotatable bonds is 3. The molecule has 8 heteroatoms. The van der Waals surface area contributed by atoms with E-state index >= 15 is 0 Å². The van der Waals surface area contributed by atoms with Crippen LogP contribution in [0.3, 0.4) is 0 Å². The molecule has 2 aliphatic rings. The number of hydrogen-bond acceptors (Lipinski definition) is 5. The summed E-state index contributed by atoms with van der Waals surface area (Å²) in [4.78, 5) is 34.0. The number of amides is 2. The third-order valence-corrected chi connectivity index (χ3v) is 6.54. The monoisotopic (exact) mass is 407 g/mol. The van der Waals surface area contributed by atoms with Crippen molar-refractivity contribution in [3.05, 3.63) is 38.7 Å².